The van der Waals surface area contributed by atoms with Crippen LogP contribution in [-0.2, 0) is 4.79 Å². The van der Waals surface area contributed by atoms with Crippen LogP contribution >= 0.6 is 0 Å². The Hall–Kier alpha value is -3.28. The van der Waals surface area contributed by atoms with Gasteiger partial charge in [-0.25, -0.2) is 0 Å². The highest BCUT2D eigenvalue weighted by atomic mass is 16.5. The molecule has 0 radical (unpaired) electrons. The van der Waals surface area contributed by atoms with Crippen LogP contribution in [0.3, 0.4) is 0 Å². The zero-order valence-electron chi connectivity index (χ0n) is 18.7. The zero-order valence-corrected chi connectivity index (χ0v) is 18.7. The standard InChI is InChI=1S/C27H28N2O4/c1-32-22-9-5-3-7-20(22)28-25(30)24-23(19-6-2-4-8-21(19)33-24)29-26(31)27-13-16-10-17(14-27)12-18(11-16)15-27/h2-9,16-18H,10-15H2,1H3,(H,28,30)(H,29,31). The Labute approximate surface area is 192 Å². The summed E-state index contributed by atoms with van der Waals surface area (Å²) in [5.74, 6) is 2.28. The molecule has 4 aliphatic rings. The fraction of sp³-hybridized carbons (Fsp3) is 0.407. The number of fused-ring (bicyclic) bond motifs is 1. The summed E-state index contributed by atoms with van der Waals surface area (Å²) in [5, 5.41) is 6.78. The van der Waals surface area contributed by atoms with Crippen molar-refractivity contribution in [3.05, 3.63) is 54.3 Å². The van der Waals surface area contributed by atoms with Gasteiger partial charge in [-0.3, -0.25) is 9.59 Å². The lowest BCUT2D eigenvalue weighted by Crippen LogP contribution is -2.51. The van der Waals surface area contributed by atoms with Crippen LogP contribution in [0.15, 0.2) is 52.9 Å². The number of rotatable bonds is 5. The monoisotopic (exact) mass is 444 g/mol. The van der Waals surface area contributed by atoms with Crippen LogP contribution in [0.4, 0.5) is 11.4 Å². The number of nitrogens with one attached hydrogen (secondary N) is 2. The van der Waals surface area contributed by atoms with Crippen LogP contribution in [0.1, 0.15) is 49.1 Å². The Balaban J connectivity index is 1.34. The van der Waals surface area contributed by atoms with Crippen molar-refractivity contribution in [3.63, 3.8) is 0 Å². The van der Waals surface area contributed by atoms with Gasteiger partial charge < -0.3 is 19.8 Å². The number of methoxy groups -OCH3 is 1. The predicted octanol–water partition coefficient (Wildman–Crippen LogP) is 5.85. The fourth-order valence-electron chi connectivity index (χ4n) is 6.89. The molecule has 4 bridgehead atoms. The lowest BCUT2D eigenvalue weighted by molar-refractivity contribution is -0.140. The summed E-state index contributed by atoms with van der Waals surface area (Å²) in [4.78, 5) is 27.0. The zero-order chi connectivity index (χ0) is 22.6. The van der Waals surface area contributed by atoms with Crippen molar-refractivity contribution in [2.75, 3.05) is 17.7 Å². The average Bonchev–Trinajstić information content (AvgIpc) is 3.17. The normalized spacial score (nSPS) is 27.5. The van der Waals surface area contributed by atoms with Crippen molar-refractivity contribution >= 4 is 34.2 Å². The van der Waals surface area contributed by atoms with E-state index in [0.717, 1.165) is 24.6 Å². The van der Waals surface area contributed by atoms with E-state index in [-0.39, 0.29) is 17.1 Å². The van der Waals surface area contributed by atoms with Gasteiger partial charge in [0.2, 0.25) is 11.7 Å². The summed E-state index contributed by atoms with van der Waals surface area (Å²) in [6, 6.07) is 14.7. The summed E-state index contributed by atoms with van der Waals surface area (Å²) in [6.45, 7) is 0. The molecule has 33 heavy (non-hydrogen) atoms. The number of carbonyl (C=O) groups is 2. The Bertz CT molecular complexity index is 1210. The van der Waals surface area contributed by atoms with E-state index < -0.39 is 5.91 Å². The number of benzene rings is 2. The Morgan fingerprint density at radius 1 is 0.909 bits per heavy atom. The van der Waals surface area contributed by atoms with Crippen LogP contribution in [0, 0.1) is 23.2 Å². The number of hydrogen-bond acceptors (Lipinski definition) is 4. The molecule has 2 N–H and O–H groups in total. The molecule has 7 rings (SSSR count). The quantitative estimate of drug-likeness (QED) is 0.517. The summed E-state index contributed by atoms with van der Waals surface area (Å²) in [7, 11) is 1.56. The van der Waals surface area contributed by atoms with Gasteiger partial charge >= 0.3 is 0 Å². The van der Waals surface area contributed by atoms with Crippen molar-refractivity contribution in [1.82, 2.24) is 0 Å². The molecule has 4 fully saturated rings. The molecular formula is C27H28N2O4. The smallest absolute Gasteiger partial charge is 0.293 e. The second-order valence-corrected chi connectivity index (χ2v) is 10.1. The topological polar surface area (TPSA) is 80.6 Å². The third-order valence-corrected chi connectivity index (χ3v) is 7.92. The average molecular weight is 445 g/mol. The molecule has 1 heterocycles. The van der Waals surface area contributed by atoms with E-state index in [2.05, 4.69) is 10.6 Å². The minimum absolute atomic E-state index is 0.0412. The Kier molecular flexibility index (Phi) is 4.71. The number of furan rings is 1. The molecule has 0 atom stereocenters. The number of carbonyl (C=O) groups excluding carboxylic acids is 2. The van der Waals surface area contributed by atoms with Crippen molar-refractivity contribution in [2.24, 2.45) is 23.2 Å². The van der Waals surface area contributed by atoms with E-state index in [4.69, 9.17) is 9.15 Å². The highest BCUT2D eigenvalue weighted by Gasteiger charge is 2.54. The second-order valence-electron chi connectivity index (χ2n) is 10.1. The van der Waals surface area contributed by atoms with Crippen molar-refractivity contribution in [3.8, 4) is 5.75 Å². The summed E-state index contributed by atoms with van der Waals surface area (Å²) in [6.07, 6.45) is 6.70. The predicted molar refractivity (Wildman–Crippen MR) is 126 cm³/mol. The van der Waals surface area contributed by atoms with Crippen LogP contribution in [0.2, 0.25) is 0 Å². The number of anilines is 2. The molecule has 0 aliphatic heterocycles. The maximum atomic E-state index is 13.7. The number of amides is 2. The summed E-state index contributed by atoms with van der Waals surface area (Å²) < 4.78 is 11.3. The third-order valence-electron chi connectivity index (χ3n) is 7.92. The highest BCUT2D eigenvalue weighted by Crippen LogP contribution is 2.60. The van der Waals surface area contributed by atoms with Gasteiger partial charge in [0.05, 0.1) is 18.2 Å². The second kappa shape index (κ2) is 7.65. The molecule has 0 unspecified atom stereocenters. The van der Waals surface area contributed by atoms with E-state index >= 15 is 0 Å². The SMILES string of the molecule is COc1ccccc1NC(=O)c1oc2ccccc2c1NC(=O)C12CC3CC(CC(C3)C1)C2. The molecule has 2 aromatic carbocycles. The number of para-hydroxylation sites is 3. The summed E-state index contributed by atoms with van der Waals surface area (Å²) in [5.41, 5.74) is 1.26. The molecule has 0 saturated heterocycles. The van der Waals surface area contributed by atoms with Gasteiger partial charge in [-0.05, 0) is 80.5 Å². The molecule has 0 spiro atoms. The minimum atomic E-state index is -0.420. The molecule has 4 saturated carbocycles. The highest BCUT2D eigenvalue weighted by molar-refractivity contribution is 6.15. The number of ether oxygens (including phenoxy) is 1. The lowest BCUT2D eigenvalue weighted by Gasteiger charge is -2.55. The van der Waals surface area contributed by atoms with E-state index in [1.54, 1.807) is 19.2 Å². The maximum absolute atomic E-state index is 13.7. The first-order valence-electron chi connectivity index (χ1n) is 11.8. The molecule has 1 aromatic heterocycles. The van der Waals surface area contributed by atoms with Crippen LogP contribution in [0.25, 0.3) is 11.0 Å². The summed E-state index contributed by atoms with van der Waals surface area (Å²) >= 11 is 0. The van der Waals surface area contributed by atoms with E-state index in [1.165, 1.54) is 19.3 Å². The molecule has 3 aromatic rings. The molecule has 2 amide bonds. The maximum Gasteiger partial charge on any atom is 0.293 e. The fourth-order valence-corrected chi connectivity index (χ4v) is 6.89. The Morgan fingerprint density at radius 3 is 2.24 bits per heavy atom. The van der Waals surface area contributed by atoms with Crippen molar-refractivity contribution in [1.29, 1.82) is 0 Å². The lowest BCUT2D eigenvalue weighted by atomic mass is 9.49. The van der Waals surface area contributed by atoms with E-state index in [1.807, 2.05) is 36.4 Å². The van der Waals surface area contributed by atoms with Crippen LogP contribution < -0.4 is 15.4 Å². The van der Waals surface area contributed by atoms with Crippen molar-refractivity contribution < 1.29 is 18.7 Å². The van der Waals surface area contributed by atoms with E-state index in [9.17, 15) is 9.59 Å². The first-order chi connectivity index (χ1) is 16.0. The largest absolute Gasteiger partial charge is 0.495 e. The molecule has 4 aliphatic carbocycles. The first-order valence-corrected chi connectivity index (χ1v) is 11.8. The van der Waals surface area contributed by atoms with Gasteiger partial charge in [0, 0.05) is 5.39 Å². The molecule has 6 heteroatoms. The van der Waals surface area contributed by atoms with Gasteiger partial charge in [-0.2, -0.15) is 0 Å². The van der Waals surface area contributed by atoms with Crippen molar-refractivity contribution in [2.45, 2.75) is 38.5 Å². The van der Waals surface area contributed by atoms with Crippen LogP contribution in [0.5, 0.6) is 5.75 Å². The molecule has 6 nitrogen and oxygen atoms in total. The van der Waals surface area contributed by atoms with E-state index in [0.29, 0.717) is 40.5 Å². The van der Waals surface area contributed by atoms with Gasteiger partial charge in [0.25, 0.3) is 5.91 Å². The van der Waals surface area contributed by atoms with Gasteiger partial charge in [-0.15, -0.1) is 0 Å². The number of hydrogen-bond donors (Lipinski definition) is 2. The van der Waals surface area contributed by atoms with Crippen LogP contribution in [-0.4, -0.2) is 18.9 Å². The first kappa shape index (κ1) is 20.3. The van der Waals surface area contributed by atoms with Gasteiger partial charge in [0.15, 0.2) is 0 Å². The van der Waals surface area contributed by atoms with Gasteiger partial charge in [0.1, 0.15) is 17.0 Å². The third kappa shape index (κ3) is 3.39. The Morgan fingerprint density at radius 2 is 1.55 bits per heavy atom. The molecular weight excluding hydrogens is 416 g/mol. The van der Waals surface area contributed by atoms with Gasteiger partial charge in [-0.1, -0.05) is 24.3 Å². The minimum Gasteiger partial charge on any atom is -0.495 e. The molecule has 170 valence electrons.